The van der Waals surface area contributed by atoms with Gasteiger partial charge in [0.25, 0.3) is 5.91 Å². The second-order valence-corrected chi connectivity index (χ2v) is 5.73. The molecule has 0 bridgehead atoms. The van der Waals surface area contributed by atoms with E-state index in [0.717, 1.165) is 6.42 Å². The number of amides is 1. The van der Waals surface area contributed by atoms with Crippen molar-refractivity contribution in [1.82, 2.24) is 4.90 Å². The van der Waals surface area contributed by atoms with E-state index in [1.807, 2.05) is 13.8 Å². The summed E-state index contributed by atoms with van der Waals surface area (Å²) < 4.78 is 13.3. The highest BCUT2D eigenvalue weighted by atomic mass is 19.1. The Labute approximate surface area is 113 Å². The predicted octanol–water partition coefficient (Wildman–Crippen LogP) is 2.51. The summed E-state index contributed by atoms with van der Waals surface area (Å²) in [5.41, 5.74) is 0.347. The lowest BCUT2D eigenvalue weighted by Crippen LogP contribution is -2.58. The summed E-state index contributed by atoms with van der Waals surface area (Å²) in [5, 5.41) is 10.0. The minimum atomic E-state index is -0.586. The molecule has 0 spiro atoms. The molecule has 1 amide bonds. The number of hydrogen-bond acceptors (Lipinski definition) is 2. The number of aliphatic hydroxyl groups excluding tert-OH is 1. The fourth-order valence-corrected chi connectivity index (χ4v) is 2.56. The molecule has 1 N–H and O–H groups in total. The lowest BCUT2D eigenvalue weighted by molar-refractivity contribution is -0.0307. The molecule has 1 unspecified atom stereocenters. The topological polar surface area (TPSA) is 40.5 Å². The third kappa shape index (κ3) is 2.50. The summed E-state index contributed by atoms with van der Waals surface area (Å²) >= 11 is 0. The highest BCUT2D eigenvalue weighted by Gasteiger charge is 2.40. The third-order valence-electron chi connectivity index (χ3n) is 4.02. The number of nitrogens with zero attached hydrogens (tertiary/aromatic N) is 1. The summed E-state index contributed by atoms with van der Waals surface area (Å²) in [5.74, 6) is -0.457. The Morgan fingerprint density at radius 1 is 1.47 bits per heavy atom. The van der Waals surface area contributed by atoms with Gasteiger partial charge in [0.2, 0.25) is 0 Å². The molecule has 1 aliphatic rings. The van der Waals surface area contributed by atoms with Gasteiger partial charge in [-0.3, -0.25) is 4.79 Å². The maximum absolute atomic E-state index is 13.3. The molecule has 2 rings (SSSR count). The van der Waals surface area contributed by atoms with Gasteiger partial charge in [-0.1, -0.05) is 0 Å². The molecule has 19 heavy (non-hydrogen) atoms. The van der Waals surface area contributed by atoms with Crippen LogP contribution >= 0.6 is 0 Å². The fourth-order valence-electron chi connectivity index (χ4n) is 2.56. The summed E-state index contributed by atoms with van der Waals surface area (Å²) in [6.45, 7) is 6.00. The SMILES string of the molecule is Cc1cc(C(=O)N2CCCC(O)C2(C)C)ccc1F. The molecule has 4 heteroatoms. The highest BCUT2D eigenvalue weighted by molar-refractivity contribution is 5.95. The predicted molar refractivity (Wildman–Crippen MR) is 71.5 cm³/mol. The van der Waals surface area contributed by atoms with E-state index in [0.29, 0.717) is 24.1 Å². The van der Waals surface area contributed by atoms with Gasteiger partial charge >= 0.3 is 0 Å². The van der Waals surface area contributed by atoms with Gasteiger partial charge in [0.1, 0.15) is 5.82 Å². The third-order valence-corrected chi connectivity index (χ3v) is 4.02. The normalized spacial score (nSPS) is 22.4. The van der Waals surface area contributed by atoms with E-state index in [1.165, 1.54) is 12.1 Å². The summed E-state index contributed by atoms with van der Waals surface area (Å²) in [4.78, 5) is 14.2. The van der Waals surface area contributed by atoms with Gasteiger partial charge in [-0.2, -0.15) is 0 Å². The first-order valence-electron chi connectivity index (χ1n) is 6.60. The number of aliphatic hydroxyl groups is 1. The van der Waals surface area contributed by atoms with Crippen LogP contribution in [0.5, 0.6) is 0 Å². The van der Waals surface area contributed by atoms with Gasteiger partial charge in [-0.05, 0) is 57.4 Å². The van der Waals surface area contributed by atoms with Crippen LogP contribution in [0.2, 0.25) is 0 Å². The van der Waals surface area contributed by atoms with Crippen molar-refractivity contribution in [3.05, 3.63) is 35.1 Å². The van der Waals surface area contributed by atoms with E-state index in [9.17, 15) is 14.3 Å². The molecule has 1 atom stereocenters. The maximum atomic E-state index is 13.3. The Balaban J connectivity index is 2.30. The summed E-state index contributed by atoms with van der Waals surface area (Å²) in [7, 11) is 0. The minimum Gasteiger partial charge on any atom is -0.391 e. The first kappa shape index (κ1) is 14.0. The number of rotatable bonds is 1. The number of carbonyl (C=O) groups is 1. The lowest BCUT2D eigenvalue weighted by Gasteiger charge is -2.45. The fraction of sp³-hybridized carbons (Fsp3) is 0.533. The quantitative estimate of drug-likeness (QED) is 0.847. The standard InChI is InChI=1S/C15H20FNO2/c1-10-9-11(6-7-12(10)16)14(19)17-8-4-5-13(18)15(17,2)3/h6-7,9,13,18H,4-5,8H2,1-3H3. The largest absolute Gasteiger partial charge is 0.391 e. The van der Waals surface area contributed by atoms with Crippen molar-refractivity contribution in [2.75, 3.05) is 6.54 Å². The van der Waals surface area contributed by atoms with E-state index in [-0.39, 0.29) is 11.7 Å². The Morgan fingerprint density at radius 2 is 2.16 bits per heavy atom. The van der Waals surface area contributed by atoms with Crippen LogP contribution in [0.1, 0.15) is 42.6 Å². The smallest absolute Gasteiger partial charge is 0.254 e. The van der Waals surface area contributed by atoms with Crippen LogP contribution in [0.25, 0.3) is 0 Å². The van der Waals surface area contributed by atoms with Crippen molar-refractivity contribution >= 4 is 5.91 Å². The second kappa shape index (κ2) is 4.93. The van der Waals surface area contributed by atoms with Crippen molar-refractivity contribution in [2.45, 2.75) is 45.3 Å². The van der Waals surface area contributed by atoms with E-state index < -0.39 is 11.6 Å². The summed E-state index contributed by atoms with van der Waals surface area (Å²) in [6, 6.07) is 4.38. The second-order valence-electron chi connectivity index (χ2n) is 5.73. The molecule has 1 fully saturated rings. The molecule has 1 saturated heterocycles. The van der Waals surface area contributed by atoms with Crippen molar-refractivity contribution in [3.63, 3.8) is 0 Å². The first-order chi connectivity index (χ1) is 8.84. The van der Waals surface area contributed by atoms with Crippen molar-refractivity contribution in [2.24, 2.45) is 0 Å². The Hall–Kier alpha value is -1.42. The zero-order chi connectivity index (χ0) is 14.2. The van der Waals surface area contributed by atoms with Crippen LogP contribution in [0.4, 0.5) is 4.39 Å². The highest BCUT2D eigenvalue weighted by Crippen LogP contribution is 2.29. The van der Waals surface area contributed by atoms with Crippen molar-refractivity contribution in [3.8, 4) is 0 Å². The number of benzene rings is 1. The van der Waals surface area contributed by atoms with Crippen molar-refractivity contribution < 1.29 is 14.3 Å². The van der Waals surface area contributed by atoms with Gasteiger partial charge in [0.05, 0.1) is 11.6 Å². The van der Waals surface area contributed by atoms with Crippen LogP contribution < -0.4 is 0 Å². The number of aryl methyl sites for hydroxylation is 1. The maximum Gasteiger partial charge on any atom is 0.254 e. The average Bonchev–Trinajstić information content (AvgIpc) is 2.35. The molecule has 0 aromatic heterocycles. The zero-order valence-corrected chi connectivity index (χ0v) is 11.6. The Morgan fingerprint density at radius 3 is 2.79 bits per heavy atom. The molecule has 104 valence electrons. The van der Waals surface area contributed by atoms with Gasteiger partial charge in [-0.25, -0.2) is 4.39 Å². The molecule has 1 aromatic carbocycles. The van der Waals surface area contributed by atoms with Crippen molar-refractivity contribution in [1.29, 1.82) is 0 Å². The van der Waals surface area contributed by atoms with Gasteiger partial charge < -0.3 is 10.0 Å². The van der Waals surface area contributed by atoms with Crippen LogP contribution in [-0.2, 0) is 0 Å². The van der Waals surface area contributed by atoms with Gasteiger partial charge in [0.15, 0.2) is 0 Å². The summed E-state index contributed by atoms with van der Waals surface area (Å²) in [6.07, 6.45) is 0.974. The average molecular weight is 265 g/mol. The monoisotopic (exact) mass is 265 g/mol. The zero-order valence-electron chi connectivity index (χ0n) is 11.6. The van der Waals surface area contributed by atoms with E-state index in [4.69, 9.17) is 0 Å². The molecule has 0 radical (unpaired) electrons. The first-order valence-corrected chi connectivity index (χ1v) is 6.60. The number of hydrogen-bond donors (Lipinski definition) is 1. The molecule has 3 nitrogen and oxygen atoms in total. The molecule has 1 heterocycles. The lowest BCUT2D eigenvalue weighted by atomic mass is 9.86. The number of likely N-dealkylation sites (tertiary alicyclic amines) is 1. The van der Waals surface area contributed by atoms with Crippen LogP contribution in [0.15, 0.2) is 18.2 Å². The van der Waals surface area contributed by atoms with E-state index in [1.54, 1.807) is 17.9 Å². The van der Waals surface area contributed by atoms with Crippen LogP contribution in [0.3, 0.4) is 0 Å². The molecule has 1 aliphatic heterocycles. The van der Waals surface area contributed by atoms with Crippen LogP contribution in [0, 0.1) is 12.7 Å². The Bertz CT molecular complexity index is 499. The van der Waals surface area contributed by atoms with Gasteiger partial charge in [0, 0.05) is 12.1 Å². The van der Waals surface area contributed by atoms with E-state index in [2.05, 4.69) is 0 Å². The van der Waals surface area contributed by atoms with E-state index >= 15 is 0 Å². The number of carbonyl (C=O) groups excluding carboxylic acids is 1. The number of halogens is 1. The molecule has 0 saturated carbocycles. The molecular weight excluding hydrogens is 245 g/mol. The molecule has 1 aromatic rings. The number of piperidine rings is 1. The minimum absolute atomic E-state index is 0.146. The molecular formula is C15H20FNO2. The van der Waals surface area contributed by atoms with Gasteiger partial charge in [-0.15, -0.1) is 0 Å². The van der Waals surface area contributed by atoms with Crippen LogP contribution in [-0.4, -0.2) is 34.1 Å². The molecule has 0 aliphatic carbocycles. The Kier molecular flexibility index (Phi) is 3.63.